The molecule has 1 fully saturated rings. The van der Waals surface area contributed by atoms with Gasteiger partial charge in [-0.05, 0) is 50.9 Å². The van der Waals surface area contributed by atoms with Crippen molar-refractivity contribution in [2.75, 3.05) is 19.6 Å². The third-order valence-corrected chi connectivity index (χ3v) is 4.50. The van der Waals surface area contributed by atoms with Crippen LogP contribution in [0.2, 0.25) is 5.02 Å². The number of benzene rings is 1. The molecule has 1 aromatic rings. The summed E-state index contributed by atoms with van der Waals surface area (Å²) in [5.74, 6) is -0.255. The van der Waals surface area contributed by atoms with Gasteiger partial charge in [-0.3, -0.25) is 9.69 Å². The summed E-state index contributed by atoms with van der Waals surface area (Å²) in [4.78, 5) is 14.4. The normalized spacial score (nSPS) is 18.5. The van der Waals surface area contributed by atoms with E-state index in [1.807, 2.05) is 0 Å². The number of nitrogens with one attached hydrogen (secondary N) is 1. The lowest BCUT2D eigenvalue weighted by Crippen LogP contribution is -2.45. The highest BCUT2D eigenvalue weighted by Gasteiger charge is 2.21. The number of carbonyl (C=O) groups excluding carboxylic acids is 1. The fraction of sp³-hybridized carbons (Fsp3) is 0.562. The average molecular weight is 313 g/mol. The predicted molar refractivity (Wildman–Crippen MR) is 83.2 cm³/mol. The number of amides is 1. The van der Waals surface area contributed by atoms with Crippen LogP contribution in [-0.2, 0) is 0 Å². The maximum Gasteiger partial charge on any atom is 0.255 e. The first-order chi connectivity index (χ1) is 9.99. The van der Waals surface area contributed by atoms with Crippen LogP contribution >= 0.6 is 11.6 Å². The summed E-state index contributed by atoms with van der Waals surface area (Å²) >= 11 is 5.89. The zero-order chi connectivity index (χ0) is 15.4. The molecule has 0 saturated carbocycles. The van der Waals surface area contributed by atoms with Crippen LogP contribution in [0.1, 0.15) is 37.0 Å². The van der Waals surface area contributed by atoms with Crippen molar-refractivity contribution < 1.29 is 9.18 Å². The van der Waals surface area contributed by atoms with Gasteiger partial charge in [0.1, 0.15) is 5.82 Å². The molecule has 2 rings (SSSR count). The van der Waals surface area contributed by atoms with Gasteiger partial charge < -0.3 is 5.32 Å². The Balaban J connectivity index is 1.89. The largest absolute Gasteiger partial charge is 0.350 e. The average Bonchev–Trinajstić information content (AvgIpc) is 2.45. The third-order valence-electron chi connectivity index (χ3n) is 4.19. The van der Waals surface area contributed by atoms with E-state index in [0.717, 1.165) is 19.0 Å². The Hall–Kier alpha value is -1.13. The molecule has 3 nitrogen and oxygen atoms in total. The first kappa shape index (κ1) is 16.2. The van der Waals surface area contributed by atoms with Crippen LogP contribution in [0.4, 0.5) is 4.39 Å². The first-order valence-corrected chi connectivity index (χ1v) is 7.83. The lowest BCUT2D eigenvalue weighted by Gasteiger charge is -2.35. The van der Waals surface area contributed by atoms with E-state index in [0.29, 0.717) is 6.54 Å². The van der Waals surface area contributed by atoms with Crippen LogP contribution in [0, 0.1) is 11.7 Å². The maximum absolute atomic E-state index is 13.7. The molecule has 5 heteroatoms. The third kappa shape index (κ3) is 4.17. The molecule has 0 aliphatic carbocycles. The number of halogens is 2. The molecule has 0 aromatic heterocycles. The van der Waals surface area contributed by atoms with E-state index < -0.39 is 11.7 Å². The van der Waals surface area contributed by atoms with Crippen molar-refractivity contribution in [3.8, 4) is 0 Å². The van der Waals surface area contributed by atoms with E-state index in [2.05, 4.69) is 24.1 Å². The fourth-order valence-corrected chi connectivity index (χ4v) is 2.89. The van der Waals surface area contributed by atoms with Gasteiger partial charge in [-0.2, -0.15) is 0 Å². The molecule has 1 unspecified atom stereocenters. The van der Waals surface area contributed by atoms with Gasteiger partial charge in [-0.25, -0.2) is 4.39 Å². The van der Waals surface area contributed by atoms with Gasteiger partial charge in [0, 0.05) is 12.6 Å². The number of rotatable bonds is 4. The second-order valence-corrected chi connectivity index (χ2v) is 6.28. The van der Waals surface area contributed by atoms with Gasteiger partial charge in [-0.15, -0.1) is 0 Å². The Morgan fingerprint density at radius 1 is 1.48 bits per heavy atom. The quantitative estimate of drug-likeness (QED) is 0.925. The Bertz CT molecular complexity index is 481. The molecule has 1 aromatic carbocycles. The lowest BCUT2D eigenvalue weighted by atomic mass is 9.98. The van der Waals surface area contributed by atoms with Crippen LogP contribution < -0.4 is 5.32 Å². The van der Waals surface area contributed by atoms with Crippen molar-refractivity contribution in [3.05, 3.63) is 34.6 Å². The zero-order valence-electron chi connectivity index (χ0n) is 12.5. The zero-order valence-corrected chi connectivity index (χ0v) is 13.3. The van der Waals surface area contributed by atoms with Gasteiger partial charge in [0.15, 0.2) is 0 Å². The van der Waals surface area contributed by atoms with Crippen molar-refractivity contribution in [2.24, 2.45) is 5.92 Å². The molecule has 116 valence electrons. The number of hydrogen-bond donors (Lipinski definition) is 1. The number of hydrogen-bond acceptors (Lipinski definition) is 2. The highest BCUT2D eigenvalue weighted by Crippen LogP contribution is 2.19. The number of nitrogens with zero attached hydrogens (tertiary/aromatic N) is 1. The van der Waals surface area contributed by atoms with Gasteiger partial charge in [-0.1, -0.05) is 24.6 Å². The Morgan fingerprint density at radius 3 is 2.76 bits per heavy atom. The van der Waals surface area contributed by atoms with Gasteiger partial charge in [0.25, 0.3) is 5.91 Å². The molecular formula is C16H22ClFN2O. The van der Waals surface area contributed by atoms with Crippen molar-refractivity contribution in [1.82, 2.24) is 10.2 Å². The number of carbonyl (C=O) groups is 1. The minimum atomic E-state index is -0.584. The van der Waals surface area contributed by atoms with Gasteiger partial charge in [0.2, 0.25) is 0 Å². The molecule has 21 heavy (non-hydrogen) atoms. The lowest BCUT2D eigenvalue weighted by molar-refractivity contribution is 0.0918. The van der Waals surface area contributed by atoms with Crippen molar-refractivity contribution in [1.29, 1.82) is 0 Å². The second-order valence-electron chi connectivity index (χ2n) is 5.87. The van der Waals surface area contributed by atoms with E-state index in [1.165, 1.54) is 31.0 Å². The molecule has 1 saturated heterocycles. The van der Waals surface area contributed by atoms with Crippen molar-refractivity contribution in [2.45, 2.75) is 32.7 Å². The molecule has 0 bridgehead atoms. The van der Waals surface area contributed by atoms with E-state index >= 15 is 0 Å². The number of piperidine rings is 1. The van der Waals surface area contributed by atoms with Crippen LogP contribution in [0.5, 0.6) is 0 Å². The molecule has 1 atom stereocenters. The summed E-state index contributed by atoms with van der Waals surface area (Å²) in [7, 11) is 0. The maximum atomic E-state index is 13.7. The summed E-state index contributed by atoms with van der Waals surface area (Å²) in [5, 5.41) is 2.93. The van der Waals surface area contributed by atoms with Gasteiger partial charge >= 0.3 is 0 Å². The fourth-order valence-electron chi connectivity index (χ4n) is 2.64. The molecule has 1 N–H and O–H groups in total. The molecule has 0 radical (unpaired) electrons. The molecule has 1 heterocycles. The molecule has 1 amide bonds. The minimum absolute atomic E-state index is 0.0707. The summed E-state index contributed by atoms with van der Waals surface area (Å²) in [6, 6.07) is 4.50. The van der Waals surface area contributed by atoms with Crippen LogP contribution in [0.3, 0.4) is 0 Å². The predicted octanol–water partition coefficient (Wildman–Crippen LogP) is 3.33. The Labute approximate surface area is 130 Å². The molecule has 0 spiro atoms. The second kappa shape index (κ2) is 7.23. The van der Waals surface area contributed by atoms with E-state index in [-0.39, 0.29) is 16.6 Å². The van der Waals surface area contributed by atoms with Gasteiger partial charge in [0.05, 0.1) is 10.6 Å². The topological polar surface area (TPSA) is 32.3 Å². The Kier molecular flexibility index (Phi) is 5.59. The smallest absolute Gasteiger partial charge is 0.255 e. The minimum Gasteiger partial charge on any atom is -0.350 e. The first-order valence-electron chi connectivity index (χ1n) is 7.45. The van der Waals surface area contributed by atoms with Crippen LogP contribution in [0.25, 0.3) is 0 Å². The molecule has 1 aliphatic heterocycles. The van der Waals surface area contributed by atoms with Crippen LogP contribution in [-0.4, -0.2) is 36.5 Å². The van der Waals surface area contributed by atoms with Crippen molar-refractivity contribution >= 4 is 17.5 Å². The standard InChI is InChI=1S/C16H22ClFN2O/c1-11-6-8-20(9-7-11)12(2)10-19-16(21)15-13(17)4-3-5-14(15)18/h3-5,11-12H,6-10H2,1-2H3,(H,19,21). The highest BCUT2D eigenvalue weighted by molar-refractivity contribution is 6.33. The summed E-state index contributed by atoms with van der Waals surface area (Å²) in [6.45, 7) is 6.96. The van der Waals surface area contributed by atoms with Crippen LogP contribution in [0.15, 0.2) is 18.2 Å². The number of likely N-dealkylation sites (tertiary alicyclic amines) is 1. The SMILES string of the molecule is CC1CCN(C(C)CNC(=O)c2c(F)cccc2Cl)CC1. The monoisotopic (exact) mass is 312 g/mol. The molecule has 1 aliphatic rings. The summed E-state index contributed by atoms with van der Waals surface area (Å²) < 4.78 is 13.7. The highest BCUT2D eigenvalue weighted by atomic mass is 35.5. The summed E-state index contributed by atoms with van der Waals surface area (Å²) in [6.07, 6.45) is 2.38. The van der Waals surface area contributed by atoms with E-state index in [1.54, 1.807) is 0 Å². The van der Waals surface area contributed by atoms with E-state index in [9.17, 15) is 9.18 Å². The molecular weight excluding hydrogens is 291 g/mol. The summed E-state index contributed by atoms with van der Waals surface area (Å²) in [5.41, 5.74) is -0.0707. The van der Waals surface area contributed by atoms with Crippen molar-refractivity contribution in [3.63, 3.8) is 0 Å². The Morgan fingerprint density at radius 2 is 2.14 bits per heavy atom. The van der Waals surface area contributed by atoms with E-state index in [4.69, 9.17) is 11.6 Å².